The predicted octanol–water partition coefficient (Wildman–Crippen LogP) is 4.48. The second kappa shape index (κ2) is 9.19. The molecule has 2 aromatic heterocycles. The lowest BCUT2D eigenvalue weighted by atomic mass is 10.0. The molecule has 4 aromatic rings. The van der Waals surface area contributed by atoms with Crippen LogP contribution in [0.15, 0.2) is 60.9 Å². The Kier molecular flexibility index (Phi) is 5.96. The summed E-state index contributed by atoms with van der Waals surface area (Å²) in [5.41, 5.74) is 5.33. The Balaban J connectivity index is 1.43. The van der Waals surface area contributed by atoms with Gasteiger partial charge in [0.25, 0.3) is 0 Å². The lowest BCUT2D eigenvalue weighted by Crippen LogP contribution is -2.50. The Morgan fingerprint density at radius 2 is 1.79 bits per heavy atom. The van der Waals surface area contributed by atoms with Crippen molar-refractivity contribution >= 4 is 22.9 Å². The molecule has 1 saturated heterocycles. The largest absolute Gasteiger partial charge is 0.364 e. The molecule has 1 atom stereocenters. The molecule has 1 fully saturated rings. The van der Waals surface area contributed by atoms with E-state index >= 15 is 0 Å². The Hall–Kier alpha value is -3.45. The molecule has 170 valence electrons. The predicted molar refractivity (Wildman–Crippen MR) is 135 cm³/mol. The highest BCUT2D eigenvalue weighted by molar-refractivity contribution is 5.84. The molecule has 2 N–H and O–H groups in total. The average Bonchev–Trinajstić information content (AvgIpc) is 3.28. The van der Waals surface area contributed by atoms with Crippen LogP contribution in [0.25, 0.3) is 22.3 Å². The molecule has 0 radical (unpaired) electrons. The lowest BCUT2D eigenvalue weighted by Gasteiger charge is -2.34. The first kappa shape index (κ1) is 21.4. The highest BCUT2D eigenvalue weighted by Gasteiger charge is 2.23. The number of hydrogen-bond donors (Lipinski definition) is 2. The zero-order valence-corrected chi connectivity index (χ0v) is 19.5. The fourth-order valence-electron chi connectivity index (χ4n) is 4.30. The number of nitrogens with one attached hydrogen (secondary N) is 2. The second-order valence-electron chi connectivity index (χ2n) is 8.95. The lowest BCUT2D eigenvalue weighted by molar-refractivity contribution is 0.493. The third kappa shape index (κ3) is 4.41. The Bertz CT molecular complexity index is 1210. The van der Waals surface area contributed by atoms with Gasteiger partial charge in [-0.2, -0.15) is 9.97 Å². The normalized spacial score (nSPS) is 16.5. The summed E-state index contributed by atoms with van der Waals surface area (Å²) < 4.78 is 2.12. The number of aromatic nitrogens is 4. The SMILES string of the molecule is CC(C)n1cnc2c(NCc3ccc(-c4ccccc4)cc3)nc(N3CCNC[C@H]3C)nc21. The first-order chi connectivity index (χ1) is 16.1. The van der Waals surface area contributed by atoms with Crippen LogP contribution in [0.2, 0.25) is 0 Å². The van der Waals surface area contributed by atoms with Gasteiger partial charge in [-0.05, 0) is 37.5 Å². The minimum absolute atomic E-state index is 0.275. The van der Waals surface area contributed by atoms with Gasteiger partial charge in [0.2, 0.25) is 5.95 Å². The first-order valence-electron chi connectivity index (χ1n) is 11.7. The summed E-state index contributed by atoms with van der Waals surface area (Å²) in [7, 11) is 0. The molecule has 0 spiro atoms. The molecule has 1 aliphatic rings. The summed E-state index contributed by atoms with van der Waals surface area (Å²) in [6, 6.07) is 19.7. The fourth-order valence-corrected chi connectivity index (χ4v) is 4.30. The number of rotatable bonds is 6. The number of nitrogens with zero attached hydrogens (tertiary/aromatic N) is 5. The van der Waals surface area contributed by atoms with Crippen LogP contribution in [0, 0.1) is 0 Å². The molecule has 3 heterocycles. The van der Waals surface area contributed by atoms with Crippen molar-refractivity contribution in [1.82, 2.24) is 24.8 Å². The van der Waals surface area contributed by atoms with Crippen molar-refractivity contribution in [3.63, 3.8) is 0 Å². The molecule has 7 heteroatoms. The minimum Gasteiger partial charge on any atom is -0.364 e. The topological polar surface area (TPSA) is 70.9 Å². The molecule has 33 heavy (non-hydrogen) atoms. The van der Waals surface area contributed by atoms with Crippen LogP contribution in [0.4, 0.5) is 11.8 Å². The number of anilines is 2. The van der Waals surface area contributed by atoms with Gasteiger partial charge in [-0.15, -0.1) is 0 Å². The van der Waals surface area contributed by atoms with Crippen LogP contribution < -0.4 is 15.5 Å². The molecular weight excluding hydrogens is 410 g/mol. The molecule has 7 nitrogen and oxygen atoms in total. The average molecular weight is 442 g/mol. The van der Waals surface area contributed by atoms with Crippen LogP contribution in [0.1, 0.15) is 32.4 Å². The highest BCUT2D eigenvalue weighted by atomic mass is 15.3. The van der Waals surface area contributed by atoms with Crippen molar-refractivity contribution in [2.75, 3.05) is 29.9 Å². The van der Waals surface area contributed by atoms with Crippen LogP contribution in [-0.4, -0.2) is 45.2 Å². The third-order valence-electron chi connectivity index (χ3n) is 6.25. The Morgan fingerprint density at radius 3 is 2.52 bits per heavy atom. The second-order valence-corrected chi connectivity index (χ2v) is 8.95. The van der Waals surface area contributed by atoms with Gasteiger partial charge in [-0.25, -0.2) is 4.98 Å². The molecule has 0 unspecified atom stereocenters. The van der Waals surface area contributed by atoms with Gasteiger partial charge in [0.15, 0.2) is 17.0 Å². The standard InChI is InChI=1S/C26H31N7/c1-18(2)33-17-29-23-24(30-26(31-25(23)33)32-14-13-27-15-19(32)3)28-16-20-9-11-22(12-10-20)21-7-5-4-6-8-21/h4-12,17-19,27H,13-16H2,1-3H3,(H,28,30,31)/t19-/m1/s1. The zero-order valence-electron chi connectivity index (χ0n) is 19.5. The first-order valence-corrected chi connectivity index (χ1v) is 11.7. The van der Waals surface area contributed by atoms with E-state index in [1.807, 2.05) is 12.4 Å². The smallest absolute Gasteiger partial charge is 0.229 e. The fraction of sp³-hybridized carbons (Fsp3) is 0.346. The van der Waals surface area contributed by atoms with Gasteiger partial charge in [0.1, 0.15) is 0 Å². The van der Waals surface area contributed by atoms with Crippen molar-refractivity contribution < 1.29 is 0 Å². The van der Waals surface area contributed by atoms with E-state index in [0.717, 1.165) is 42.6 Å². The summed E-state index contributed by atoms with van der Waals surface area (Å²) >= 11 is 0. The molecule has 1 aliphatic heterocycles. The monoisotopic (exact) mass is 441 g/mol. The molecule has 0 aliphatic carbocycles. The molecule has 0 amide bonds. The third-order valence-corrected chi connectivity index (χ3v) is 6.25. The maximum absolute atomic E-state index is 4.94. The van der Waals surface area contributed by atoms with E-state index in [0.29, 0.717) is 12.6 Å². The van der Waals surface area contributed by atoms with Gasteiger partial charge in [0, 0.05) is 38.3 Å². The summed E-state index contributed by atoms with van der Waals surface area (Å²) in [4.78, 5) is 16.8. The van der Waals surface area contributed by atoms with E-state index in [2.05, 4.69) is 94.4 Å². The number of benzene rings is 2. The maximum Gasteiger partial charge on any atom is 0.229 e. The Morgan fingerprint density at radius 1 is 1.03 bits per heavy atom. The van der Waals surface area contributed by atoms with Gasteiger partial charge < -0.3 is 20.1 Å². The van der Waals surface area contributed by atoms with Crippen molar-refractivity contribution in [3.8, 4) is 11.1 Å². The minimum atomic E-state index is 0.275. The summed E-state index contributed by atoms with van der Waals surface area (Å²) in [6.45, 7) is 9.94. The van der Waals surface area contributed by atoms with Crippen LogP contribution in [0.3, 0.4) is 0 Å². The van der Waals surface area contributed by atoms with Crippen molar-refractivity contribution in [2.24, 2.45) is 0 Å². The maximum atomic E-state index is 4.94. The van der Waals surface area contributed by atoms with E-state index < -0.39 is 0 Å². The van der Waals surface area contributed by atoms with E-state index in [1.165, 1.54) is 16.7 Å². The molecule has 5 rings (SSSR count). The number of piperazine rings is 1. The van der Waals surface area contributed by atoms with E-state index in [-0.39, 0.29) is 6.04 Å². The number of imidazole rings is 1. The van der Waals surface area contributed by atoms with Crippen molar-refractivity contribution in [1.29, 1.82) is 0 Å². The van der Waals surface area contributed by atoms with Crippen LogP contribution in [0.5, 0.6) is 0 Å². The quantitative estimate of drug-likeness (QED) is 0.460. The van der Waals surface area contributed by atoms with Gasteiger partial charge in [-0.3, -0.25) is 0 Å². The Labute approximate surface area is 194 Å². The van der Waals surface area contributed by atoms with E-state index in [9.17, 15) is 0 Å². The molecule has 0 saturated carbocycles. The summed E-state index contributed by atoms with van der Waals surface area (Å²) in [6.07, 6.45) is 1.87. The van der Waals surface area contributed by atoms with E-state index in [4.69, 9.17) is 9.97 Å². The van der Waals surface area contributed by atoms with Gasteiger partial charge >= 0.3 is 0 Å². The molecular formula is C26H31N7. The number of hydrogen-bond acceptors (Lipinski definition) is 6. The molecule has 0 bridgehead atoms. The van der Waals surface area contributed by atoms with Crippen LogP contribution >= 0.6 is 0 Å². The van der Waals surface area contributed by atoms with Gasteiger partial charge in [0.05, 0.1) is 6.33 Å². The summed E-state index contributed by atoms with van der Waals surface area (Å²) in [5.74, 6) is 1.55. The van der Waals surface area contributed by atoms with Gasteiger partial charge in [-0.1, -0.05) is 54.6 Å². The van der Waals surface area contributed by atoms with E-state index in [1.54, 1.807) is 0 Å². The molecule has 2 aromatic carbocycles. The van der Waals surface area contributed by atoms with Crippen LogP contribution in [-0.2, 0) is 6.54 Å². The van der Waals surface area contributed by atoms with Crippen molar-refractivity contribution in [3.05, 3.63) is 66.5 Å². The number of fused-ring (bicyclic) bond motifs is 1. The van der Waals surface area contributed by atoms with Crippen molar-refractivity contribution in [2.45, 2.75) is 39.4 Å². The highest BCUT2D eigenvalue weighted by Crippen LogP contribution is 2.27. The summed E-state index contributed by atoms with van der Waals surface area (Å²) in [5, 5.41) is 6.98. The zero-order chi connectivity index (χ0) is 22.8.